The lowest BCUT2D eigenvalue weighted by Crippen LogP contribution is -2.04. The van der Waals surface area contributed by atoms with E-state index >= 15 is 0 Å². The third kappa shape index (κ3) is 2.46. The first-order valence-electron chi connectivity index (χ1n) is 5.57. The van der Waals surface area contributed by atoms with Crippen molar-refractivity contribution < 1.29 is 14.3 Å². The van der Waals surface area contributed by atoms with Gasteiger partial charge in [-0.05, 0) is 30.6 Å². The number of ketones is 1. The molecule has 0 fully saturated rings. The van der Waals surface area contributed by atoms with Gasteiger partial charge >= 0.3 is 0 Å². The van der Waals surface area contributed by atoms with Crippen LogP contribution >= 0.6 is 0 Å². The molecule has 0 unspecified atom stereocenters. The van der Waals surface area contributed by atoms with E-state index in [0.717, 1.165) is 24.0 Å². The molecule has 2 rings (SSSR count). The Morgan fingerprint density at radius 1 is 1.18 bits per heavy atom. The Morgan fingerprint density at radius 2 is 2.00 bits per heavy atom. The van der Waals surface area contributed by atoms with E-state index in [1.54, 1.807) is 26.4 Å². The molecule has 1 aliphatic carbocycles. The highest BCUT2D eigenvalue weighted by atomic mass is 16.5. The third-order valence-corrected chi connectivity index (χ3v) is 2.79. The molecule has 1 aromatic heterocycles. The van der Waals surface area contributed by atoms with Gasteiger partial charge in [0.2, 0.25) is 11.8 Å². The SMILES string of the molecule is COc1ccc(C2=CC(=O)CCC2)c(OC)n1. The minimum atomic E-state index is 0.170. The summed E-state index contributed by atoms with van der Waals surface area (Å²) in [7, 11) is 3.13. The Hall–Kier alpha value is -1.84. The zero-order chi connectivity index (χ0) is 12.3. The van der Waals surface area contributed by atoms with E-state index in [2.05, 4.69) is 4.98 Å². The van der Waals surface area contributed by atoms with E-state index in [9.17, 15) is 4.79 Å². The minimum Gasteiger partial charge on any atom is -0.481 e. The molecule has 0 radical (unpaired) electrons. The fourth-order valence-electron chi connectivity index (χ4n) is 1.94. The third-order valence-electron chi connectivity index (χ3n) is 2.79. The summed E-state index contributed by atoms with van der Waals surface area (Å²) in [6.07, 6.45) is 4.10. The van der Waals surface area contributed by atoms with Gasteiger partial charge in [0.25, 0.3) is 0 Å². The molecular formula is C13H15NO3. The monoisotopic (exact) mass is 233 g/mol. The van der Waals surface area contributed by atoms with Crippen molar-refractivity contribution in [2.75, 3.05) is 14.2 Å². The van der Waals surface area contributed by atoms with Crippen LogP contribution in [0.1, 0.15) is 24.8 Å². The molecule has 0 aliphatic heterocycles. The highest BCUT2D eigenvalue weighted by molar-refractivity contribution is 5.98. The summed E-state index contributed by atoms with van der Waals surface area (Å²) in [5.74, 6) is 1.18. The summed E-state index contributed by atoms with van der Waals surface area (Å²) in [6, 6.07) is 3.66. The van der Waals surface area contributed by atoms with Crippen molar-refractivity contribution in [3.8, 4) is 11.8 Å². The number of ether oxygens (including phenoxy) is 2. The highest BCUT2D eigenvalue weighted by Gasteiger charge is 2.16. The van der Waals surface area contributed by atoms with Gasteiger partial charge in [0.05, 0.1) is 14.2 Å². The summed E-state index contributed by atoms with van der Waals surface area (Å²) in [5.41, 5.74) is 1.87. The number of methoxy groups -OCH3 is 2. The second-order valence-corrected chi connectivity index (χ2v) is 3.90. The molecule has 0 spiro atoms. The predicted octanol–water partition coefficient (Wildman–Crippen LogP) is 2.24. The molecule has 4 nitrogen and oxygen atoms in total. The molecule has 0 amide bonds. The van der Waals surface area contributed by atoms with Gasteiger partial charge in [0.15, 0.2) is 5.78 Å². The van der Waals surface area contributed by atoms with Gasteiger partial charge in [-0.1, -0.05) is 0 Å². The van der Waals surface area contributed by atoms with Crippen LogP contribution in [0, 0.1) is 0 Å². The Labute approximate surface area is 100 Å². The number of carbonyl (C=O) groups excluding carboxylic acids is 1. The molecule has 0 atom stereocenters. The molecule has 0 saturated heterocycles. The Balaban J connectivity index is 2.41. The average molecular weight is 233 g/mol. The number of hydrogen-bond acceptors (Lipinski definition) is 4. The number of rotatable bonds is 3. The summed E-state index contributed by atoms with van der Waals surface area (Å²) < 4.78 is 10.3. The molecule has 1 aromatic rings. The number of pyridine rings is 1. The van der Waals surface area contributed by atoms with Gasteiger partial charge in [-0.2, -0.15) is 4.98 Å². The Kier molecular flexibility index (Phi) is 3.42. The fraction of sp³-hybridized carbons (Fsp3) is 0.385. The molecular weight excluding hydrogens is 218 g/mol. The zero-order valence-electron chi connectivity index (χ0n) is 10.0. The van der Waals surface area contributed by atoms with Crippen LogP contribution in [-0.2, 0) is 4.79 Å². The largest absolute Gasteiger partial charge is 0.481 e. The van der Waals surface area contributed by atoms with Crippen molar-refractivity contribution in [1.82, 2.24) is 4.98 Å². The summed E-state index contributed by atoms with van der Waals surface area (Å²) in [6.45, 7) is 0. The molecule has 0 bridgehead atoms. The number of hydrogen-bond donors (Lipinski definition) is 0. The first-order chi connectivity index (χ1) is 8.24. The van der Waals surface area contributed by atoms with Crippen LogP contribution in [0.25, 0.3) is 5.57 Å². The topological polar surface area (TPSA) is 48.4 Å². The maximum Gasteiger partial charge on any atom is 0.224 e. The van der Waals surface area contributed by atoms with Gasteiger partial charge in [-0.25, -0.2) is 0 Å². The Morgan fingerprint density at radius 3 is 2.65 bits per heavy atom. The predicted molar refractivity (Wildman–Crippen MR) is 64.2 cm³/mol. The number of nitrogens with zero attached hydrogens (tertiary/aromatic N) is 1. The second-order valence-electron chi connectivity index (χ2n) is 3.90. The van der Waals surface area contributed by atoms with Crippen molar-refractivity contribution in [1.29, 1.82) is 0 Å². The quantitative estimate of drug-likeness (QED) is 0.803. The first kappa shape index (κ1) is 11.6. The average Bonchev–Trinajstić information content (AvgIpc) is 2.38. The maximum absolute atomic E-state index is 11.4. The van der Waals surface area contributed by atoms with Crippen LogP contribution in [0.15, 0.2) is 18.2 Å². The van der Waals surface area contributed by atoms with Crippen molar-refractivity contribution in [3.63, 3.8) is 0 Å². The van der Waals surface area contributed by atoms with Gasteiger partial charge in [-0.15, -0.1) is 0 Å². The Bertz CT molecular complexity index is 466. The van der Waals surface area contributed by atoms with Crippen molar-refractivity contribution >= 4 is 11.4 Å². The molecule has 90 valence electrons. The molecule has 1 aliphatic rings. The lowest BCUT2D eigenvalue weighted by atomic mass is 9.93. The number of aromatic nitrogens is 1. The van der Waals surface area contributed by atoms with Crippen LogP contribution in [0.5, 0.6) is 11.8 Å². The summed E-state index contributed by atoms with van der Waals surface area (Å²) >= 11 is 0. The fourth-order valence-corrected chi connectivity index (χ4v) is 1.94. The second kappa shape index (κ2) is 4.99. The van der Waals surface area contributed by atoms with Gasteiger partial charge in [0, 0.05) is 18.1 Å². The molecule has 4 heteroatoms. The first-order valence-corrected chi connectivity index (χ1v) is 5.57. The van der Waals surface area contributed by atoms with E-state index in [1.165, 1.54) is 0 Å². The van der Waals surface area contributed by atoms with Crippen LogP contribution in [0.2, 0.25) is 0 Å². The zero-order valence-corrected chi connectivity index (χ0v) is 10.0. The number of allylic oxidation sites excluding steroid dienone is 2. The molecule has 17 heavy (non-hydrogen) atoms. The molecule has 0 saturated carbocycles. The van der Waals surface area contributed by atoms with Gasteiger partial charge in [-0.3, -0.25) is 4.79 Å². The highest BCUT2D eigenvalue weighted by Crippen LogP contribution is 2.32. The van der Waals surface area contributed by atoms with Crippen LogP contribution in [0.3, 0.4) is 0 Å². The van der Waals surface area contributed by atoms with E-state index in [1.807, 2.05) is 6.07 Å². The van der Waals surface area contributed by atoms with E-state index in [-0.39, 0.29) is 5.78 Å². The van der Waals surface area contributed by atoms with Crippen LogP contribution < -0.4 is 9.47 Å². The van der Waals surface area contributed by atoms with Crippen molar-refractivity contribution in [3.05, 3.63) is 23.8 Å². The van der Waals surface area contributed by atoms with Gasteiger partial charge in [0.1, 0.15) is 0 Å². The van der Waals surface area contributed by atoms with Crippen LogP contribution in [0.4, 0.5) is 0 Å². The standard InChI is InChI=1S/C13H15NO3/c1-16-12-7-6-11(13(14-12)17-2)9-4-3-5-10(15)8-9/h6-8H,3-5H2,1-2H3. The smallest absolute Gasteiger partial charge is 0.224 e. The van der Waals surface area contributed by atoms with Crippen molar-refractivity contribution in [2.45, 2.75) is 19.3 Å². The maximum atomic E-state index is 11.4. The van der Waals surface area contributed by atoms with Crippen LogP contribution in [-0.4, -0.2) is 25.0 Å². The summed E-state index contributed by atoms with van der Waals surface area (Å²) in [5, 5.41) is 0. The molecule has 0 N–H and O–H groups in total. The van der Waals surface area contributed by atoms with Gasteiger partial charge < -0.3 is 9.47 Å². The molecule has 0 aromatic carbocycles. The molecule has 1 heterocycles. The number of carbonyl (C=O) groups is 1. The summed E-state index contributed by atoms with van der Waals surface area (Å²) in [4.78, 5) is 15.6. The lowest BCUT2D eigenvalue weighted by molar-refractivity contribution is -0.114. The van der Waals surface area contributed by atoms with E-state index in [0.29, 0.717) is 18.2 Å². The lowest BCUT2D eigenvalue weighted by Gasteiger charge is -2.15. The minimum absolute atomic E-state index is 0.170. The van der Waals surface area contributed by atoms with Crippen molar-refractivity contribution in [2.24, 2.45) is 0 Å². The van der Waals surface area contributed by atoms with E-state index in [4.69, 9.17) is 9.47 Å². The van der Waals surface area contributed by atoms with E-state index < -0.39 is 0 Å². The normalized spacial score (nSPS) is 15.4.